The molecule has 5 rings (SSSR count). The molecule has 2 aliphatic heterocycles. The number of aliphatic hydroxyl groups excluding tert-OH is 5. The van der Waals surface area contributed by atoms with Crippen molar-refractivity contribution in [2.75, 3.05) is 19.8 Å². The standard InChI is InChI=1S/C24H26O14/c25-5-13-17(30)19(32)21(38-23-22(33)24(34,6-26)7-35-23)20(37-13)14-10(28)4-12-15(18(14)31)16(29)9-3-8(27)1-2-11(9)36-12/h1-4,13,17,19-23,25-28,30-34H,5-7H2. The molecule has 2 aliphatic rings. The maximum absolute atomic E-state index is 13.2. The molecule has 3 aromatic rings. The molecule has 0 radical (unpaired) electrons. The number of aromatic hydroxyl groups is 3. The summed E-state index contributed by atoms with van der Waals surface area (Å²) in [6.07, 6.45) is -11.9. The molecule has 14 heteroatoms. The van der Waals surface area contributed by atoms with Crippen LogP contribution in [0.5, 0.6) is 17.2 Å². The van der Waals surface area contributed by atoms with Crippen molar-refractivity contribution in [3.05, 3.63) is 40.1 Å². The molecule has 2 aromatic carbocycles. The third-order valence-electron chi connectivity index (χ3n) is 6.96. The van der Waals surface area contributed by atoms with Crippen LogP contribution in [0.2, 0.25) is 0 Å². The largest absolute Gasteiger partial charge is 0.508 e. The molecule has 2 saturated heterocycles. The molecule has 2 fully saturated rings. The van der Waals surface area contributed by atoms with Crippen molar-refractivity contribution in [1.82, 2.24) is 0 Å². The minimum absolute atomic E-state index is 0.0598. The van der Waals surface area contributed by atoms with Gasteiger partial charge in [-0.05, 0) is 18.2 Å². The molecule has 38 heavy (non-hydrogen) atoms. The van der Waals surface area contributed by atoms with Gasteiger partial charge >= 0.3 is 0 Å². The van der Waals surface area contributed by atoms with Gasteiger partial charge in [0.25, 0.3) is 0 Å². The van der Waals surface area contributed by atoms with Gasteiger partial charge in [-0.1, -0.05) is 0 Å². The first-order valence-corrected chi connectivity index (χ1v) is 11.6. The molecular formula is C24H26O14. The molecule has 14 nitrogen and oxygen atoms in total. The van der Waals surface area contributed by atoms with Gasteiger partial charge < -0.3 is 64.6 Å². The topological polar surface area (TPSA) is 240 Å². The van der Waals surface area contributed by atoms with Gasteiger partial charge in [-0.3, -0.25) is 4.79 Å². The number of hydrogen-bond acceptors (Lipinski definition) is 14. The maximum atomic E-state index is 13.2. The fourth-order valence-electron chi connectivity index (χ4n) is 4.80. The van der Waals surface area contributed by atoms with E-state index in [2.05, 4.69) is 0 Å². The number of phenols is 3. The van der Waals surface area contributed by atoms with Gasteiger partial charge in [0.15, 0.2) is 6.29 Å². The zero-order valence-electron chi connectivity index (χ0n) is 19.5. The summed E-state index contributed by atoms with van der Waals surface area (Å²) in [5.41, 5.74) is -3.51. The van der Waals surface area contributed by atoms with Crippen LogP contribution in [-0.2, 0) is 14.2 Å². The second kappa shape index (κ2) is 9.60. The number of ether oxygens (including phenoxy) is 3. The van der Waals surface area contributed by atoms with Gasteiger partial charge in [0.2, 0.25) is 5.43 Å². The summed E-state index contributed by atoms with van der Waals surface area (Å²) in [5, 5.41) is 92.3. The Morgan fingerprint density at radius 3 is 2.42 bits per heavy atom. The third kappa shape index (κ3) is 4.07. The van der Waals surface area contributed by atoms with Crippen LogP contribution in [0.15, 0.2) is 33.5 Å². The zero-order chi connectivity index (χ0) is 27.5. The van der Waals surface area contributed by atoms with E-state index in [1.165, 1.54) is 12.1 Å². The Morgan fingerprint density at radius 2 is 1.76 bits per heavy atom. The van der Waals surface area contributed by atoms with Gasteiger partial charge in [-0.25, -0.2) is 0 Å². The average molecular weight is 538 g/mol. The monoisotopic (exact) mass is 538 g/mol. The molecule has 206 valence electrons. The van der Waals surface area contributed by atoms with Crippen molar-refractivity contribution in [2.24, 2.45) is 0 Å². The predicted octanol–water partition coefficient (Wildman–Crippen LogP) is -1.96. The Kier molecular flexibility index (Phi) is 6.71. The van der Waals surface area contributed by atoms with Crippen molar-refractivity contribution >= 4 is 21.9 Å². The van der Waals surface area contributed by atoms with Crippen LogP contribution in [-0.4, -0.2) is 108 Å². The number of aliphatic hydroxyl groups is 6. The van der Waals surface area contributed by atoms with E-state index in [4.69, 9.17) is 18.6 Å². The number of rotatable bonds is 5. The second-order valence-electron chi connectivity index (χ2n) is 9.39. The van der Waals surface area contributed by atoms with E-state index >= 15 is 0 Å². The fourth-order valence-corrected chi connectivity index (χ4v) is 4.80. The van der Waals surface area contributed by atoms with E-state index in [0.717, 1.165) is 12.1 Å². The predicted molar refractivity (Wildman–Crippen MR) is 124 cm³/mol. The summed E-state index contributed by atoms with van der Waals surface area (Å²) in [6, 6.07) is 4.74. The smallest absolute Gasteiger partial charge is 0.204 e. The lowest BCUT2D eigenvalue weighted by Crippen LogP contribution is -2.58. The van der Waals surface area contributed by atoms with Crippen molar-refractivity contribution < 1.29 is 64.6 Å². The summed E-state index contributed by atoms with van der Waals surface area (Å²) in [6.45, 7) is -2.23. The van der Waals surface area contributed by atoms with Gasteiger partial charge in [0, 0.05) is 6.07 Å². The van der Waals surface area contributed by atoms with Crippen LogP contribution in [0.3, 0.4) is 0 Å². The van der Waals surface area contributed by atoms with Crippen LogP contribution in [0.25, 0.3) is 21.9 Å². The Bertz CT molecular complexity index is 1420. The van der Waals surface area contributed by atoms with E-state index in [1.807, 2.05) is 0 Å². The Hall–Kier alpha value is -3.05. The van der Waals surface area contributed by atoms with Crippen molar-refractivity contribution in [1.29, 1.82) is 0 Å². The third-order valence-corrected chi connectivity index (χ3v) is 6.96. The lowest BCUT2D eigenvalue weighted by atomic mass is 9.89. The Balaban J connectivity index is 1.64. The molecule has 8 unspecified atom stereocenters. The molecule has 3 heterocycles. The Morgan fingerprint density at radius 1 is 1.03 bits per heavy atom. The first kappa shape index (κ1) is 26.6. The summed E-state index contributed by atoms with van der Waals surface area (Å²) >= 11 is 0. The van der Waals surface area contributed by atoms with Gasteiger partial charge in [-0.15, -0.1) is 0 Å². The van der Waals surface area contributed by atoms with Crippen LogP contribution >= 0.6 is 0 Å². The van der Waals surface area contributed by atoms with E-state index in [9.17, 15) is 50.8 Å². The molecule has 0 saturated carbocycles. The molecule has 0 aliphatic carbocycles. The van der Waals surface area contributed by atoms with Crippen LogP contribution < -0.4 is 5.43 Å². The number of benzene rings is 2. The molecular weight excluding hydrogens is 512 g/mol. The van der Waals surface area contributed by atoms with Crippen LogP contribution in [0.1, 0.15) is 11.7 Å². The van der Waals surface area contributed by atoms with E-state index in [-0.39, 0.29) is 22.3 Å². The highest BCUT2D eigenvalue weighted by atomic mass is 16.7. The fraction of sp³-hybridized carbons (Fsp3) is 0.458. The minimum atomic E-state index is -2.09. The highest BCUT2D eigenvalue weighted by Crippen LogP contribution is 2.46. The summed E-state index contributed by atoms with van der Waals surface area (Å²) in [7, 11) is 0. The quantitative estimate of drug-likeness (QED) is 0.160. The van der Waals surface area contributed by atoms with Crippen molar-refractivity contribution in [3.63, 3.8) is 0 Å². The van der Waals surface area contributed by atoms with Crippen molar-refractivity contribution in [2.45, 2.75) is 48.5 Å². The summed E-state index contributed by atoms with van der Waals surface area (Å²) < 4.78 is 22.1. The lowest BCUT2D eigenvalue weighted by Gasteiger charge is -2.43. The normalized spacial score (nSPS) is 33.8. The van der Waals surface area contributed by atoms with Crippen LogP contribution in [0.4, 0.5) is 0 Å². The minimum Gasteiger partial charge on any atom is -0.508 e. The molecule has 0 bridgehead atoms. The summed E-state index contributed by atoms with van der Waals surface area (Å²) in [5.74, 6) is -1.75. The SMILES string of the molecule is O=c1c2cc(O)ccc2oc2cc(O)c(C3OC(CO)C(O)C(O)C3OC3OCC(O)(CO)C3O)c(O)c12. The Labute approximate surface area is 212 Å². The molecule has 9 N–H and O–H groups in total. The molecule has 0 amide bonds. The molecule has 0 spiro atoms. The highest BCUT2D eigenvalue weighted by Gasteiger charge is 2.53. The van der Waals surface area contributed by atoms with Crippen molar-refractivity contribution in [3.8, 4) is 17.2 Å². The van der Waals surface area contributed by atoms with E-state index in [0.29, 0.717) is 0 Å². The van der Waals surface area contributed by atoms with Gasteiger partial charge in [-0.2, -0.15) is 0 Å². The van der Waals surface area contributed by atoms with Gasteiger partial charge in [0.05, 0.1) is 30.8 Å². The molecule has 1 aromatic heterocycles. The second-order valence-corrected chi connectivity index (χ2v) is 9.39. The van der Waals surface area contributed by atoms with E-state index in [1.54, 1.807) is 0 Å². The number of phenolic OH excluding ortho intramolecular Hbond substituents is 3. The summed E-state index contributed by atoms with van der Waals surface area (Å²) in [4.78, 5) is 13.2. The first-order chi connectivity index (χ1) is 18.0. The number of hydrogen-bond donors (Lipinski definition) is 9. The highest BCUT2D eigenvalue weighted by molar-refractivity contribution is 5.95. The molecule has 8 atom stereocenters. The lowest BCUT2D eigenvalue weighted by molar-refractivity contribution is -0.287. The van der Waals surface area contributed by atoms with E-state index < -0.39 is 96.2 Å². The average Bonchev–Trinajstić information content (AvgIpc) is 3.17. The van der Waals surface area contributed by atoms with Crippen LogP contribution in [0, 0.1) is 0 Å². The number of fused-ring (bicyclic) bond motifs is 2. The maximum Gasteiger partial charge on any atom is 0.204 e. The first-order valence-electron chi connectivity index (χ1n) is 11.6. The zero-order valence-corrected chi connectivity index (χ0v) is 19.5. The van der Waals surface area contributed by atoms with Gasteiger partial charge in [0.1, 0.15) is 76.0 Å².